The predicted octanol–water partition coefficient (Wildman–Crippen LogP) is 2.84. The molecule has 2 aliphatic heterocycles. The Morgan fingerprint density at radius 2 is 1.79 bits per heavy atom. The Morgan fingerprint density at radius 1 is 1.03 bits per heavy atom. The van der Waals surface area contributed by atoms with Gasteiger partial charge in [0.25, 0.3) is 0 Å². The number of esters is 1. The van der Waals surface area contributed by atoms with Gasteiger partial charge in [0, 0.05) is 37.9 Å². The number of benzene rings is 2. The van der Waals surface area contributed by atoms with Gasteiger partial charge >= 0.3 is 5.97 Å². The largest absolute Gasteiger partial charge is 0.402 e. The lowest BCUT2D eigenvalue weighted by atomic mass is 10.1. The number of carbonyl (C=O) groups is 1. The molecule has 7 heteroatoms. The SMILES string of the molecule is Cc1ccccc1C1=N/C(=C/N2CCN(c3nc4ccccc4[nH]3)CC2)C(=O)O1. The van der Waals surface area contributed by atoms with Gasteiger partial charge in [-0.2, -0.15) is 0 Å². The molecule has 5 rings (SSSR count). The number of fused-ring (bicyclic) bond motifs is 1. The van der Waals surface area contributed by atoms with Gasteiger partial charge in [0.1, 0.15) is 0 Å². The fourth-order valence-corrected chi connectivity index (χ4v) is 3.65. The molecule has 0 saturated carbocycles. The summed E-state index contributed by atoms with van der Waals surface area (Å²) in [6.07, 6.45) is 1.81. The number of aromatic amines is 1. The number of aliphatic imine (C=N–C) groups is 1. The van der Waals surface area contributed by atoms with Crippen molar-refractivity contribution < 1.29 is 9.53 Å². The Bertz CT molecular complexity index is 1110. The number of aromatic nitrogens is 2. The van der Waals surface area contributed by atoms with Gasteiger partial charge in [-0.3, -0.25) is 0 Å². The van der Waals surface area contributed by atoms with Crippen LogP contribution in [0.25, 0.3) is 11.0 Å². The molecule has 2 aliphatic rings. The van der Waals surface area contributed by atoms with Crippen molar-refractivity contribution in [1.29, 1.82) is 0 Å². The van der Waals surface area contributed by atoms with E-state index in [4.69, 9.17) is 4.74 Å². The Kier molecular flexibility index (Phi) is 4.27. The molecule has 3 aromatic rings. The van der Waals surface area contributed by atoms with Gasteiger partial charge in [-0.15, -0.1) is 0 Å². The van der Waals surface area contributed by atoms with Crippen LogP contribution in [0, 0.1) is 6.92 Å². The molecule has 0 atom stereocenters. The van der Waals surface area contributed by atoms with Crippen LogP contribution in [-0.4, -0.2) is 52.9 Å². The van der Waals surface area contributed by atoms with Gasteiger partial charge in [-0.05, 0) is 30.7 Å². The van der Waals surface area contributed by atoms with Crippen LogP contribution >= 0.6 is 0 Å². The second-order valence-corrected chi connectivity index (χ2v) is 7.24. The van der Waals surface area contributed by atoms with Crippen molar-refractivity contribution in [2.24, 2.45) is 4.99 Å². The topological polar surface area (TPSA) is 73.8 Å². The van der Waals surface area contributed by atoms with Crippen molar-refractivity contribution in [2.75, 3.05) is 31.1 Å². The molecule has 2 aromatic carbocycles. The van der Waals surface area contributed by atoms with Crippen LogP contribution in [0.15, 0.2) is 65.4 Å². The van der Waals surface area contributed by atoms with Gasteiger partial charge in [0.15, 0.2) is 5.70 Å². The summed E-state index contributed by atoms with van der Waals surface area (Å²) in [7, 11) is 0. The summed E-state index contributed by atoms with van der Waals surface area (Å²) in [5.41, 5.74) is 4.23. The van der Waals surface area contributed by atoms with Crippen molar-refractivity contribution in [3.05, 3.63) is 71.6 Å². The van der Waals surface area contributed by atoms with Crippen LogP contribution in [0.4, 0.5) is 5.95 Å². The first-order valence-corrected chi connectivity index (χ1v) is 9.70. The molecule has 1 N–H and O–H groups in total. The molecule has 1 fully saturated rings. The number of ether oxygens (including phenoxy) is 1. The Balaban J connectivity index is 1.29. The summed E-state index contributed by atoms with van der Waals surface area (Å²) in [6, 6.07) is 15.8. The predicted molar refractivity (Wildman–Crippen MR) is 112 cm³/mol. The zero-order valence-electron chi connectivity index (χ0n) is 16.1. The molecule has 0 aliphatic carbocycles. The number of para-hydroxylation sites is 2. The maximum atomic E-state index is 12.3. The van der Waals surface area contributed by atoms with Gasteiger partial charge in [-0.1, -0.05) is 30.3 Å². The van der Waals surface area contributed by atoms with E-state index in [2.05, 4.69) is 24.8 Å². The van der Waals surface area contributed by atoms with Crippen molar-refractivity contribution in [2.45, 2.75) is 6.92 Å². The zero-order valence-corrected chi connectivity index (χ0v) is 16.1. The lowest BCUT2D eigenvalue weighted by Crippen LogP contribution is -2.44. The fourth-order valence-electron chi connectivity index (χ4n) is 3.65. The van der Waals surface area contributed by atoms with E-state index in [1.165, 1.54) is 0 Å². The third-order valence-electron chi connectivity index (χ3n) is 5.29. The van der Waals surface area contributed by atoms with Crippen LogP contribution in [-0.2, 0) is 9.53 Å². The number of cyclic esters (lactones) is 1. The second kappa shape index (κ2) is 7.09. The lowest BCUT2D eigenvalue weighted by Gasteiger charge is -2.33. The molecule has 0 bridgehead atoms. The van der Waals surface area contributed by atoms with E-state index in [1.54, 1.807) is 0 Å². The van der Waals surface area contributed by atoms with Crippen LogP contribution in [0.5, 0.6) is 0 Å². The van der Waals surface area contributed by atoms with E-state index >= 15 is 0 Å². The van der Waals surface area contributed by atoms with E-state index in [-0.39, 0.29) is 0 Å². The molecular weight excluding hydrogens is 366 g/mol. The second-order valence-electron chi connectivity index (χ2n) is 7.24. The van der Waals surface area contributed by atoms with E-state index < -0.39 is 5.97 Å². The molecule has 3 heterocycles. The van der Waals surface area contributed by atoms with Crippen LogP contribution in [0.1, 0.15) is 11.1 Å². The standard InChI is InChI=1S/C22H21N5O2/c1-15-6-2-3-7-16(15)20-23-19(21(28)29-20)14-26-10-12-27(13-11-26)22-24-17-8-4-5-9-18(17)25-22/h2-9,14H,10-13H2,1H3,(H,24,25)/b19-14+. The molecule has 0 unspecified atom stereocenters. The number of imidazole rings is 1. The highest BCUT2D eigenvalue weighted by molar-refractivity contribution is 6.11. The van der Waals surface area contributed by atoms with E-state index in [0.29, 0.717) is 11.6 Å². The highest BCUT2D eigenvalue weighted by Crippen LogP contribution is 2.21. The lowest BCUT2D eigenvalue weighted by molar-refractivity contribution is -0.130. The first kappa shape index (κ1) is 17.5. The number of piperazine rings is 1. The molecule has 7 nitrogen and oxygen atoms in total. The fraction of sp³-hybridized carbons (Fsp3) is 0.227. The van der Waals surface area contributed by atoms with Crippen molar-refractivity contribution in [3.8, 4) is 0 Å². The Morgan fingerprint density at radius 3 is 2.59 bits per heavy atom. The normalized spacial score (nSPS) is 18.4. The molecule has 29 heavy (non-hydrogen) atoms. The van der Waals surface area contributed by atoms with Gasteiger partial charge in [-0.25, -0.2) is 14.8 Å². The summed E-state index contributed by atoms with van der Waals surface area (Å²) in [5, 5.41) is 0. The maximum absolute atomic E-state index is 12.3. The molecular formula is C22H21N5O2. The first-order chi connectivity index (χ1) is 14.2. The molecule has 146 valence electrons. The van der Waals surface area contributed by atoms with E-state index in [0.717, 1.165) is 54.3 Å². The number of aryl methyl sites for hydroxylation is 1. The quantitative estimate of drug-likeness (QED) is 0.553. The monoisotopic (exact) mass is 387 g/mol. The Labute approximate surface area is 168 Å². The third-order valence-corrected chi connectivity index (χ3v) is 5.29. The van der Waals surface area contributed by atoms with Crippen molar-refractivity contribution >= 4 is 28.8 Å². The number of hydrogen-bond donors (Lipinski definition) is 1. The van der Waals surface area contributed by atoms with Crippen molar-refractivity contribution in [1.82, 2.24) is 14.9 Å². The minimum Gasteiger partial charge on any atom is -0.402 e. The van der Waals surface area contributed by atoms with Gasteiger partial charge < -0.3 is 19.5 Å². The number of rotatable bonds is 3. The minimum atomic E-state index is -0.400. The smallest absolute Gasteiger partial charge is 0.365 e. The minimum absolute atomic E-state index is 0.348. The van der Waals surface area contributed by atoms with Crippen LogP contribution < -0.4 is 4.90 Å². The van der Waals surface area contributed by atoms with Gasteiger partial charge in [0.2, 0.25) is 11.8 Å². The number of anilines is 1. The molecule has 0 spiro atoms. The summed E-state index contributed by atoms with van der Waals surface area (Å²) < 4.78 is 5.40. The number of hydrogen-bond acceptors (Lipinski definition) is 6. The summed E-state index contributed by atoms with van der Waals surface area (Å²) in [4.78, 5) is 29.1. The van der Waals surface area contributed by atoms with Crippen molar-refractivity contribution in [3.63, 3.8) is 0 Å². The number of carbonyl (C=O) groups excluding carboxylic acids is 1. The molecule has 1 aromatic heterocycles. The van der Waals surface area contributed by atoms with Gasteiger partial charge in [0.05, 0.1) is 11.0 Å². The number of nitrogens with zero attached hydrogens (tertiary/aromatic N) is 4. The highest BCUT2D eigenvalue weighted by atomic mass is 16.6. The highest BCUT2D eigenvalue weighted by Gasteiger charge is 2.27. The molecule has 1 saturated heterocycles. The Hall–Kier alpha value is -3.61. The number of H-pyrrole nitrogens is 1. The van der Waals surface area contributed by atoms with Crippen LogP contribution in [0.2, 0.25) is 0 Å². The average molecular weight is 387 g/mol. The van der Waals surface area contributed by atoms with E-state index in [1.807, 2.05) is 61.7 Å². The average Bonchev–Trinajstić information content (AvgIpc) is 3.33. The zero-order chi connectivity index (χ0) is 19.8. The molecule has 0 amide bonds. The van der Waals surface area contributed by atoms with Crippen LogP contribution in [0.3, 0.4) is 0 Å². The summed E-state index contributed by atoms with van der Waals surface area (Å²) >= 11 is 0. The summed E-state index contributed by atoms with van der Waals surface area (Å²) in [5.74, 6) is 0.863. The first-order valence-electron chi connectivity index (χ1n) is 9.70. The maximum Gasteiger partial charge on any atom is 0.365 e. The van der Waals surface area contributed by atoms with E-state index in [9.17, 15) is 4.79 Å². The third kappa shape index (κ3) is 3.35. The number of nitrogens with one attached hydrogen (secondary N) is 1. The molecule has 0 radical (unpaired) electrons. The summed E-state index contributed by atoms with van der Waals surface area (Å²) in [6.45, 7) is 5.16.